The van der Waals surface area contributed by atoms with E-state index in [0.29, 0.717) is 5.89 Å². The van der Waals surface area contributed by atoms with E-state index < -0.39 is 0 Å². The Bertz CT molecular complexity index is 321. The smallest absolute Gasteiger partial charge is 0.191 e. The highest BCUT2D eigenvalue weighted by Gasteiger charge is 2.01. The molecule has 12 heavy (non-hydrogen) atoms. The first-order valence-electron chi connectivity index (χ1n) is 3.87. The molecule has 2 nitrogen and oxygen atoms in total. The van der Waals surface area contributed by atoms with Gasteiger partial charge in [-0.15, -0.1) is 0 Å². The third-order valence-electron chi connectivity index (χ3n) is 1.46. The van der Waals surface area contributed by atoms with Crippen LogP contribution < -0.4 is 0 Å². The Balaban J connectivity index is 2.89. The third kappa shape index (κ3) is 2.09. The van der Waals surface area contributed by atoms with Crippen molar-refractivity contribution in [2.45, 2.75) is 20.8 Å². The van der Waals surface area contributed by atoms with Gasteiger partial charge in [0.05, 0.1) is 5.69 Å². The van der Waals surface area contributed by atoms with E-state index in [1.807, 2.05) is 32.9 Å². The van der Waals surface area contributed by atoms with Crippen LogP contribution in [0.1, 0.15) is 24.3 Å². The minimum absolute atomic E-state index is 0.703. The molecular formula is C10H13NO. The molecule has 0 saturated carbocycles. The Labute approximate surface area is 72.6 Å². The van der Waals surface area contributed by atoms with Crippen LogP contribution in [0.15, 0.2) is 22.6 Å². The van der Waals surface area contributed by atoms with E-state index in [2.05, 4.69) is 11.6 Å². The molecule has 0 aliphatic heterocycles. The summed E-state index contributed by atoms with van der Waals surface area (Å²) < 4.78 is 5.33. The number of aromatic nitrogens is 1. The minimum atomic E-state index is 0.703. The summed E-state index contributed by atoms with van der Waals surface area (Å²) in [6.07, 6.45) is 3.80. The molecule has 0 aliphatic carbocycles. The minimum Gasteiger partial charge on any atom is -0.441 e. The van der Waals surface area contributed by atoms with E-state index >= 15 is 0 Å². The van der Waals surface area contributed by atoms with Crippen molar-refractivity contribution in [3.8, 4) is 0 Å². The summed E-state index contributed by atoms with van der Waals surface area (Å²) >= 11 is 0. The number of oxazole rings is 1. The molecule has 0 atom stereocenters. The summed E-state index contributed by atoms with van der Waals surface area (Å²) in [6.45, 7) is 9.46. The lowest BCUT2D eigenvalue weighted by Crippen LogP contribution is -1.73. The molecule has 0 spiro atoms. The molecule has 0 amide bonds. The van der Waals surface area contributed by atoms with E-state index in [1.165, 1.54) is 0 Å². The van der Waals surface area contributed by atoms with Crippen LogP contribution in [-0.4, -0.2) is 4.98 Å². The van der Waals surface area contributed by atoms with Gasteiger partial charge >= 0.3 is 0 Å². The highest BCUT2D eigenvalue weighted by atomic mass is 16.4. The monoisotopic (exact) mass is 163 g/mol. The summed E-state index contributed by atoms with van der Waals surface area (Å²) in [6, 6.07) is 0. The Morgan fingerprint density at radius 3 is 2.58 bits per heavy atom. The van der Waals surface area contributed by atoms with E-state index in [1.54, 1.807) is 0 Å². The second-order valence-corrected chi connectivity index (χ2v) is 2.86. The molecule has 0 saturated heterocycles. The van der Waals surface area contributed by atoms with E-state index in [9.17, 15) is 0 Å². The predicted molar refractivity (Wildman–Crippen MR) is 49.8 cm³/mol. The van der Waals surface area contributed by atoms with Gasteiger partial charge in [0.25, 0.3) is 0 Å². The van der Waals surface area contributed by atoms with E-state index in [4.69, 9.17) is 4.42 Å². The molecule has 1 heterocycles. The number of hydrogen-bond donors (Lipinski definition) is 0. The topological polar surface area (TPSA) is 26.0 Å². The largest absolute Gasteiger partial charge is 0.441 e. The van der Waals surface area contributed by atoms with Crippen LogP contribution >= 0.6 is 0 Å². The summed E-state index contributed by atoms with van der Waals surface area (Å²) in [5.41, 5.74) is 1.92. The molecular weight excluding hydrogens is 150 g/mol. The number of aryl methyl sites for hydroxylation is 2. The van der Waals surface area contributed by atoms with Crippen LogP contribution in [0.2, 0.25) is 0 Å². The lowest BCUT2D eigenvalue weighted by atomic mass is 10.2. The first-order valence-corrected chi connectivity index (χ1v) is 3.87. The maximum absolute atomic E-state index is 5.33. The highest BCUT2D eigenvalue weighted by molar-refractivity contribution is 5.48. The van der Waals surface area contributed by atoms with Crippen molar-refractivity contribution in [2.75, 3.05) is 0 Å². The van der Waals surface area contributed by atoms with Crippen LogP contribution in [0.5, 0.6) is 0 Å². The van der Waals surface area contributed by atoms with Gasteiger partial charge in [0.2, 0.25) is 0 Å². The van der Waals surface area contributed by atoms with Gasteiger partial charge in [0.15, 0.2) is 5.89 Å². The molecule has 0 fully saturated rings. The standard InChI is InChI=1S/C10H13NO/c1-7(2)5-6-10-8(3)11-9(4)12-10/h5-6H,1H2,2-4H3. The third-order valence-corrected chi connectivity index (χ3v) is 1.46. The van der Waals surface area contributed by atoms with E-state index in [-0.39, 0.29) is 0 Å². The van der Waals surface area contributed by atoms with Gasteiger partial charge in [0.1, 0.15) is 5.76 Å². The van der Waals surface area contributed by atoms with Crippen molar-refractivity contribution in [3.63, 3.8) is 0 Å². The zero-order valence-electron chi connectivity index (χ0n) is 7.72. The maximum Gasteiger partial charge on any atom is 0.191 e. The lowest BCUT2D eigenvalue weighted by molar-refractivity contribution is 0.512. The fourth-order valence-electron chi connectivity index (χ4n) is 0.920. The molecule has 2 heteroatoms. The molecule has 0 unspecified atom stereocenters. The fraction of sp³-hybridized carbons (Fsp3) is 0.300. The van der Waals surface area contributed by atoms with Crippen molar-refractivity contribution in [1.82, 2.24) is 4.98 Å². The molecule has 1 rings (SSSR count). The molecule has 0 aromatic carbocycles. The normalized spacial score (nSPS) is 10.9. The Morgan fingerprint density at radius 2 is 2.17 bits per heavy atom. The number of nitrogens with zero attached hydrogens (tertiary/aromatic N) is 1. The summed E-state index contributed by atoms with van der Waals surface area (Å²) in [7, 11) is 0. The molecule has 1 aromatic heterocycles. The maximum atomic E-state index is 5.33. The van der Waals surface area contributed by atoms with Crippen LogP contribution in [-0.2, 0) is 0 Å². The average Bonchev–Trinajstić information content (AvgIpc) is 2.26. The Morgan fingerprint density at radius 1 is 1.50 bits per heavy atom. The average molecular weight is 163 g/mol. The Kier molecular flexibility index (Phi) is 2.48. The van der Waals surface area contributed by atoms with Gasteiger partial charge in [-0.3, -0.25) is 0 Å². The SMILES string of the molecule is C=C(C)C=Cc1oc(C)nc1C. The van der Waals surface area contributed by atoms with Gasteiger partial charge in [-0.05, 0) is 19.9 Å². The van der Waals surface area contributed by atoms with Gasteiger partial charge in [-0.25, -0.2) is 4.98 Å². The van der Waals surface area contributed by atoms with Crippen molar-refractivity contribution in [3.05, 3.63) is 35.6 Å². The van der Waals surface area contributed by atoms with Gasteiger partial charge in [0, 0.05) is 6.92 Å². The van der Waals surface area contributed by atoms with Crippen molar-refractivity contribution in [1.29, 1.82) is 0 Å². The van der Waals surface area contributed by atoms with Gasteiger partial charge in [-0.2, -0.15) is 0 Å². The predicted octanol–water partition coefficient (Wildman–Crippen LogP) is 2.88. The summed E-state index contributed by atoms with van der Waals surface area (Å²) in [5.74, 6) is 1.52. The zero-order chi connectivity index (χ0) is 9.14. The van der Waals surface area contributed by atoms with Crippen LogP contribution in [0, 0.1) is 13.8 Å². The summed E-state index contributed by atoms with van der Waals surface area (Å²) in [5, 5.41) is 0. The molecule has 1 aromatic rings. The molecule has 0 aliphatic rings. The van der Waals surface area contributed by atoms with Crippen molar-refractivity contribution >= 4 is 6.08 Å². The Hall–Kier alpha value is -1.31. The number of hydrogen-bond acceptors (Lipinski definition) is 2. The van der Waals surface area contributed by atoms with Gasteiger partial charge < -0.3 is 4.42 Å². The quantitative estimate of drug-likeness (QED) is 0.626. The summed E-state index contributed by atoms with van der Waals surface area (Å²) in [4.78, 5) is 4.14. The second kappa shape index (κ2) is 3.39. The first kappa shape index (κ1) is 8.78. The van der Waals surface area contributed by atoms with Crippen molar-refractivity contribution in [2.24, 2.45) is 0 Å². The van der Waals surface area contributed by atoms with Gasteiger partial charge in [-0.1, -0.05) is 18.2 Å². The number of rotatable bonds is 2. The highest BCUT2D eigenvalue weighted by Crippen LogP contribution is 2.11. The second-order valence-electron chi connectivity index (χ2n) is 2.86. The fourth-order valence-corrected chi connectivity index (χ4v) is 0.920. The van der Waals surface area contributed by atoms with Crippen LogP contribution in [0.25, 0.3) is 6.08 Å². The molecule has 0 N–H and O–H groups in total. The van der Waals surface area contributed by atoms with Crippen molar-refractivity contribution < 1.29 is 4.42 Å². The molecule has 0 bridgehead atoms. The molecule has 64 valence electrons. The number of allylic oxidation sites excluding steroid dienone is 2. The zero-order valence-corrected chi connectivity index (χ0v) is 7.72. The molecule has 0 radical (unpaired) electrons. The van der Waals surface area contributed by atoms with Crippen LogP contribution in [0.4, 0.5) is 0 Å². The van der Waals surface area contributed by atoms with E-state index in [0.717, 1.165) is 17.0 Å². The van der Waals surface area contributed by atoms with Crippen LogP contribution in [0.3, 0.4) is 0 Å². The lowest BCUT2D eigenvalue weighted by Gasteiger charge is -1.86. The first-order chi connectivity index (χ1) is 5.59.